The number of anilines is 1. The zero-order chi connectivity index (χ0) is 20.2. The van der Waals surface area contributed by atoms with Gasteiger partial charge in [0.2, 0.25) is 0 Å². The van der Waals surface area contributed by atoms with E-state index >= 15 is 0 Å². The van der Waals surface area contributed by atoms with Gasteiger partial charge in [-0.25, -0.2) is 4.98 Å². The predicted octanol–water partition coefficient (Wildman–Crippen LogP) is 2.34. The zero-order valence-corrected chi connectivity index (χ0v) is 16.6. The summed E-state index contributed by atoms with van der Waals surface area (Å²) in [5.41, 5.74) is 1.75. The minimum atomic E-state index is -0.316. The molecule has 1 N–H and O–H groups in total. The van der Waals surface area contributed by atoms with Crippen molar-refractivity contribution in [2.45, 2.75) is 32.7 Å². The molecule has 8 nitrogen and oxygen atoms in total. The van der Waals surface area contributed by atoms with E-state index < -0.39 is 0 Å². The number of hydrogen-bond acceptors (Lipinski definition) is 5. The van der Waals surface area contributed by atoms with E-state index in [0.717, 1.165) is 25.0 Å². The molecule has 8 heteroatoms. The molecule has 1 aromatic heterocycles. The predicted molar refractivity (Wildman–Crippen MR) is 107 cm³/mol. The third-order valence-corrected chi connectivity index (χ3v) is 5.26. The third-order valence-electron chi connectivity index (χ3n) is 5.26. The van der Waals surface area contributed by atoms with Gasteiger partial charge in [0.25, 0.3) is 11.8 Å². The van der Waals surface area contributed by atoms with Crippen molar-refractivity contribution < 1.29 is 19.1 Å². The molecule has 0 radical (unpaired) electrons. The number of carbonyl (C=O) groups excluding carboxylic acids is 2. The number of nitrogens with one attached hydrogen (secondary N) is 1. The van der Waals surface area contributed by atoms with Crippen LogP contribution in [-0.4, -0.2) is 59.2 Å². The van der Waals surface area contributed by atoms with Gasteiger partial charge in [-0.15, -0.1) is 0 Å². The van der Waals surface area contributed by atoms with Gasteiger partial charge in [0, 0.05) is 19.6 Å². The number of carbonyl (C=O) groups is 2. The average molecular weight is 398 g/mol. The lowest BCUT2D eigenvalue weighted by molar-refractivity contribution is 0.0291. The van der Waals surface area contributed by atoms with Crippen molar-refractivity contribution in [1.82, 2.24) is 14.5 Å². The van der Waals surface area contributed by atoms with Crippen LogP contribution in [0.1, 0.15) is 46.6 Å². The van der Waals surface area contributed by atoms with Crippen molar-refractivity contribution in [1.29, 1.82) is 0 Å². The van der Waals surface area contributed by atoms with E-state index in [-0.39, 0.29) is 11.8 Å². The van der Waals surface area contributed by atoms with E-state index in [1.54, 1.807) is 11.0 Å². The monoisotopic (exact) mass is 398 g/mol. The summed E-state index contributed by atoms with van der Waals surface area (Å²) in [5, 5.41) is 2.91. The van der Waals surface area contributed by atoms with E-state index in [1.165, 1.54) is 0 Å². The van der Waals surface area contributed by atoms with Crippen LogP contribution in [0, 0.1) is 0 Å². The van der Waals surface area contributed by atoms with Crippen LogP contribution in [0.25, 0.3) is 0 Å². The summed E-state index contributed by atoms with van der Waals surface area (Å²) in [7, 11) is 0. The summed E-state index contributed by atoms with van der Waals surface area (Å²) in [6, 6.07) is 7.31. The molecule has 0 atom stereocenters. The highest BCUT2D eigenvalue weighted by atomic mass is 16.5. The Morgan fingerprint density at radius 3 is 2.76 bits per heavy atom. The van der Waals surface area contributed by atoms with Crippen molar-refractivity contribution in [3.05, 3.63) is 41.5 Å². The number of morpholine rings is 1. The molecule has 1 aromatic carbocycles. The Labute approximate surface area is 169 Å². The Kier molecular flexibility index (Phi) is 5.80. The molecule has 1 saturated heterocycles. The van der Waals surface area contributed by atoms with E-state index in [9.17, 15) is 9.59 Å². The summed E-state index contributed by atoms with van der Waals surface area (Å²) in [4.78, 5) is 32.4. The molecule has 1 fully saturated rings. The normalized spacial score (nSPS) is 16.2. The highest BCUT2D eigenvalue weighted by molar-refractivity contribution is 6.05. The van der Waals surface area contributed by atoms with Crippen LogP contribution in [0.5, 0.6) is 5.75 Å². The Bertz CT molecular complexity index is 902. The lowest BCUT2D eigenvalue weighted by atomic mass is 10.1. The van der Waals surface area contributed by atoms with E-state index in [4.69, 9.17) is 9.47 Å². The van der Waals surface area contributed by atoms with Gasteiger partial charge in [0.1, 0.15) is 5.75 Å². The first-order chi connectivity index (χ1) is 14.2. The van der Waals surface area contributed by atoms with Crippen molar-refractivity contribution >= 4 is 17.5 Å². The minimum absolute atomic E-state index is 0.134. The molecule has 4 rings (SSSR count). The molecule has 2 aliphatic rings. The lowest BCUT2D eigenvalue weighted by Crippen LogP contribution is -2.42. The fourth-order valence-corrected chi connectivity index (χ4v) is 3.83. The molecule has 0 aliphatic carbocycles. The summed E-state index contributed by atoms with van der Waals surface area (Å²) < 4.78 is 12.9. The summed E-state index contributed by atoms with van der Waals surface area (Å²) in [6.07, 6.45) is 2.69. The van der Waals surface area contributed by atoms with Crippen molar-refractivity contribution in [2.24, 2.45) is 0 Å². The van der Waals surface area contributed by atoms with Crippen LogP contribution < -0.4 is 10.1 Å². The Hall–Kier alpha value is -2.87. The van der Waals surface area contributed by atoms with Gasteiger partial charge in [-0.1, -0.05) is 12.1 Å². The van der Waals surface area contributed by atoms with E-state index in [2.05, 4.69) is 10.3 Å². The molecule has 0 unspecified atom stereocenters. The molecule has 154 valence electrons. The second-order valence-electron chi connectivity index (χ2n) is 7.13. The molecule has 3 heterocycles. The third kappa shape index (κ3) is 3.98. The largest absolute Gasteiger partial charge is 0.492 e. The van der Waals surface area contributed by atoms with Crippen LogP contribution in [0.2, 0.25) is 0 Å². The average Bonchev–Trinajstić information content (AvgIpc) is 3.15. The number of aromatic nitrogens is 2. The smallest absolute Gasteiger partial charge is 0.290 e. The van der Waals surface area contributed by atoms with Gasteiger partial charge < -0.3 is 24.3 Å². The van der Waals surface area contributed by atoms with Gasteiger partial charge >= 0.3 is 0 Å². The maximum absolute atomic E-state index is 13.1. The number of rotatable bonds is 5. The highest BCUT2D eigenvalue weighted by Crippen LogP contribution is 2.27. The molecule has 2 aliphatic heterocycles. The quantitative estimate of drug-likeness (QED) is 0.836. The van der Waals surface area contributed by atoms with Gasteiger partial charge in [0.15, 0.2) is 11.5 Å². The first-order valence-electron chi connectivity index (χ1n) is 10.2. The standard InChI is InChI=1S/C21H26N4O4/c1-2-29-17-9-4-3-7-15(17)22-20(26)18-16-8-5-6-10-25(16)19(23-18)21(27)24-11-13-28-14-12-24/h3-4,7,9H,2,5-6,8,10-14H2,1H3,(H,22,26). The fraction of sp³-hybridized carbons (Fsp3) is 0.476. The molecule has 2 amide bonds. The number of ether oxygens (including phenoxy) is 2. The molecule has 0 bridgehead atoms. The molecular weight excluding hydrogens is 372 g/mol. The maximum atomic E-state index is 13.1. The van der Waals surface area contributed by atoms with E-state index in [0.29, 0.717) is 62.4 Å². The summed E-state index contributed by atoms with van der Waals surface area (Å²) in [5.74, 6) is 0.514. The number of para-hydroxylation sites is 2. The zero-order valence-electron chi connectivity index (χ0n) is 16.6. The number of benzene rings is 1. The van der Waals surface area contributed by atoms with Crippen LogP contribution >= 0.6 is 0 Å². The molecule has 2 aromatic rings. The van der Waals surface area contributed by atoms with Gasteiger partial charge in [-0.05, 0) is 38.3 Å². The topological polar surface area (TPSA) is 85.7 Å². The van der Waals surface area contributed by atoms with Crippen LogP contribution in [0.15, 0.2) is 24.3 Å². The van der Waals surface area contributed by atoms with Crippen LogP contribution in [-0.2, 0) is 17.7 Å². The Morgan fingerprint density at radius 2 is 1.97 bits per heavy atom. The van der Waals surface area contributed by atoms with Crippen molar-refractivity contribution in [3.8, 4) is 5.75 Å². The van der Waals surface area contributed by atoms with Gasteiger partial charge in [-0.2, -0.15) is 0 Å². The summed E-state index contributed by atoms with van der Waals surface area (Å²) in [6.45, 7) is 5.26. The number of hydrogen-bond donors (Lipinski definition) is 1. The van der Waals surface area contributed by atoms with Crippen LogP contribution in [0.3, 0.4) is 0 Å². The maximum Gasteiger partial charge on any atom is 0.290 e. The van der Waals surface area contributed by atoms with Gasteiger partial charge in [0.05, 0.1) is 31.2 Å². The number of nitrogens with zero attached hydrogens (tertiary/aromatic N) is 3. The Balaban J connectivity index is 1.63. The van der Waals surface area contributed by atoms with Crippen molar-refractivity contribution in [3.63, 3.8) is 0 Å². The highest BCUT2D eigenvalue weighted by Gasteiger charge is 2.30. The SMILES string of the molecule is CCOc1ccccc1NC(=O)c1nc(C(=O)N2CCOCC2)n2c1CCCC2. The van der Waals surface area contributed by atoms with Gasteiger partial charge in [-0.3, -0.25) is 9.59 Å². The Morgan fingerprint density at radius 1 is 1.17 bits per heavy atom. The second-order valence-corrected chi connectivity index (χ2v) is 7.13. The van der Waals surface area contributed by atoms with E-state index in [1.807, 2.05) is 29.7 Å². The first kappa shape index (κ1) is 19.4. The first-order valence-corrected chi connectivity index (χ1v) is 10.2. The molecular formula is C21H26N4O4. The van der Waals surface area contributed by atoms with Crippen molar-refractivity contribution in [2.75, 3.05) is 38.2 Å². The van der Waals surface area contributed by atoms with Crippen LogP contribution in [0.4, 0.5) is 5.69 Å². The molecule has 0 spiro atoms. The number of fused-ring (bicyclic) bond motifs is 1. The molecule has 0 saturated carbocycles. The minimum Gasteiger partial charge on any atom is -0.492 e. The molecule has 29 heavy (non-hydrogen) atoms. The second kappa shape index (κ2) is 8.65. The number of amides is 2. The number of imidazole rings is 1. The summed E-state index contributed by atoms with van der Waals surface area (Å²) >= 11 is 0. The fourth-order valence-electron chi connectivity index (χ4n) is 3.83. The lowest BCUT2D eigenvalue weighted by Gasteiger charge is -2.27.